The Kier molecular flexibility index (Phi) is 6.06. The maximum Gasteiger partial charge on any atom is 0.417 e. The number of ether oxygens (including phenoxy) is 2. The van der Waals surface area contributed by atoms with Gasteiger partial charge in [0.2, 0.25) is 5.78 Å². The number of ketones is 2. The van der Waals surface area contributed by atoms with E-state index in [9.17, 15) is 39.6 Å². The van der Waals surface area contributed by atoms with Gasteiger partial charge in [-0.3, -0.25) is 19.7 Å². The molecule has 12 heteroatoms. The van der Waals surface area contributed by atoms with Gasteiger partial charge < -0.3 is 35.6 Å². The quantitative estimate of drug-likeness (QED) is 0.248. The molecular weight excluding hydrogens is 512 g/mol. The highest BCUT2D eigenvalue weighted by Gasteiger charge is 2.59. The van der Waals surface area contributed by atoms with Crippen LogP contribution in [-0.2, 0) is 16.0 Å². The molecular formula is C27H24N2O10. The summed E-state index contributed by atoms with van der Waals surface area (Å²) < 4.78 is 10.3. The average molecular weight is 536 g/mol. The lowest BCUT2D eigenvalue weighted by Crippen LogP contribution is -2.57. The maximum atomic E-state index is 13.6. The van der Waals surface area contributed by atoms with E-state index in [0.717, 1.165) is 0 Å². The summed E-state index contributed by atoms with van der Waals surface area (Å²) in [6.45, 7) is 0. The Morgan fingerprint density at radius 3 is 2.33 bits per heavy atom. The maximum absolute atomic E-state index is 13.6. The summed E-state index contributed by atoms with van der Waals surface area (Å²) in [5.74, 6) is -6.46. The number of hydrogen-bond donors (Lipinski definition) is 6. The number of aromatic hydroxyl groups is 1. The average Bonchev–Trinajstić information content (AvgIpc) is 2.88. The summed E-state index contributed by atoms with van der Waals surface area (Å²) in [7, 11) is 1.49. The molecule has 0 spiro atoms. The van der Waals surface area contributed by atoms with Crippen molar-refractivity contribution in [2.45, 2.75) is 24.9 Å². The third-order valence-electron chi connectivity index (χ3n) is 7.45. The smallest absolute Gasteiger partial charge is 0.417 e. The van der Waals surface area contributed by atoms with Crippen molar-refractivity contribution in [3.05, 3.63) is 70.2 Å². The Bertz CT molecular complexity index is 1510. The topological polar surface area (TPSA) is 206 Å². The number of primary amides is 1. The first-order valence-electron chi connectivity index (χ1n) is 11.9. The second kappa shape index (κ2) is 9.17. The number of carbonyl (C=O) groups excluding carboxylic acids is 4. The number of nitrogens with one attached hydrogen (secondary N) is 1. The highest BCUT2D eigenvalue weighted by Crippen LogP contribution is 2.52. The van der Waals surface area contributed by atoms with Crippen molar-refractivity contribution in [3.8, 4) is 17.2 Å². The number of rotatable bonds is 4. The summed E-state index contributed by atoms with van der Waals surface area (Å²) in [6, 6.07) is 8.82. The standard InChI is InChI=1S/C27H24N2O10/c1-38-13-2-4-14(5-3-13)39-26(36)29-16-6-7-17(30)20-15(16)9-11-8-12-10-18(31)21(25(28)35)24(34)27(12,37)23(33)19(11)22(20)32/h2-7,11-12,30-31,33,37H,8-10H2,1H3,(H2,28,35)(H,29,36)/t11-,12+,27+/m1/s1. The Morgan fingerprint density at radius 2 is 1.69 bits per heavy atom. The third kappa shape index (κ3) is 3.96. The van der Waals surface area contributed by atoms with Gasteiger partial charge >= 0.3 is 6.09 Å². The molecule has 0 saturated carbocycles. The molecule has 3 aliphatic carbocycles. The number of phenols is 1. The number of methoxy groups -OCH3 is 1. The predicted octanol–water partition coefficient (Wildman–Crippen LogP) is 2.20. The molecule has 39 heavy (non-hydrogen) atoms. The first-order valence-corrected chi connectivity index (χ1v) is 11.9. The van der Waals surface area contributed by atoms with Gasteiger partial charge in [-0.1, -0.05) is 0 Å². The van der Waals surface area contributed by atoms with Crippen molar-refractivity contribution in [1.82, 2.24) is 0 Å². The Morgan fingerprint density at radius 1 is 1.03 bits per heavy atom. The SMILES string of the molecule is COc1ccc(OC(=O)Nc2ccc(O)c3c2C[C@H]2C[C@H]4CC(O)=C(C(N)=O)C(=O)[C@@]4(O)C(O)=C2C3=O)cc1. The summed E-state index contributed by atoms with van der Waals surface area (Å²) in [4.78, 5) is 50.9. The van der Waals surface area contributed by atoms with Gasteiger partial charge in [-0.25, -0.2) is 4.79 Å². The van der Waals surface area contributed by atoms with Crippen LogP contribution in [0, 0.1) is 11.8 Å². The second-order valence-electron chi connectivity index (χ2n) is 9.59. The zero-order chi connectivity index (χ0) is 28.2. The second-order valence-corrected chi connectivity index (χ2v) is 9.59. The molecule has 3 atom stereocenters. The van der Waals surface area contributed by atoms with E-state index in [-0.39, 0.29) is 47.4 Å². The van der Waals surface area contributed by atoms with Crippen molar-refractivity contribution < 1.29 is 49.1 Å². The summed E-state index contributed by atoms with van der Waals surface area (Å²) >= 11 is 0. The number of anilines is 1. The third-order valence-corrected chi connectivity index (χ3v) is 7.45. The summed E-state index contributed by atoms with van der Waals surface area (Å²) in [5.41, 5.74) is 1.62. The highest BCUT2D eigenvalue weighted by atomic mass is 16.6. The molecule has 0 aliphatic heterocycles. The number of phenolic OH excluding ortho intramolecular Hbond substituents is 1. The number of nitrogens with two attached hydrogens (primary N) is 1. The molecule has 7 N–H and O–H groups in total. The van der Waals surface area contributed by atoms with Crippen molar-refractivity contribution >= 4 is 29.3 Å². The van der Waals surface area contributed by atoms with E-state index in [0.29, 0.717) is 5.75 Å². The molecule has 0 aromatic heterocycles. The van der Waals surface area contributed by atoms with Crippen LogP contribution in [0.15, 0.2) is 59.1 Å². The van der Waals surface area contributed by atoms with Gasteiger partial charge in [0.05, 0.1) is 12.7 Å². The van der Waals surface area contributed by atoms with Crippen LogP contribution >= 0.6 is 0 Å². The van der Waals surface area contributed by atoms with Crippen molar-refractivity contribution in [3.63, 3.8) is 0 Å². The van der Waals surface area contributed by atoms with Crippen molar-refractivity contribution in [2.24, 2.45) is 17.6 Å². The van der Waals surface area contributed by atoms with Crippen LogP contribution in [0.2, 0.25) is 0 Å². The first-order chi connectivity index (χ1) is 18.5. The number of Topliss-reactive ketones (excluding diaryl/α,β-unsaturated/α-hetero) is 2. The van der Waals surface area contributed by atoms with Gasteiger partial charge in [-0.2, -0.15) is 0 Å². The highest BCUT2D eigenvalue weighted by molar-refractivity contribution is 6.24. The molecule has 0 radical (unpaired) electrons. The van der Waals surface area contributed by atoms with Crippen molar-refractivity contribution in [2.75, 3.05) is 12.4 Å². The molecule has 3 aliphatic rings. The van der Waals surface area contributed by atoms with E-state index in [1.165, 1.54) is 31.4 Å². The first kappa shape index (κ1) is 25.8. The van der Waals surface area contributed by atoms with E-state index in [2.05, 4.69) is 5.32 Å². The lowest BCUT2D eigenvalue weighted by molar-refractivity contribution is -0.144. The molecule has 5 rings (SSSR count). The van der Waals surface area contributed by atoms with E-state index in [4.69, 9.17) is 15.2 Å². The summed E-state index contributed by atoms with van der Waals surface area (Å²) in [6.07, 6.45) is -1.21. The zero-order valence-electron chi connectivity index (χ0n) is 20.6. The van der Waals surface area contributed by atoms with Gasteiger partial charge in [0.25, 0.3) is 5.91 Å². The Labute approximate surface area is 221 Å². The van der Waals surface area contributed by atoms with Gasteiger partial charge in [-0.05, 0) is 60.7 Å². The minimum Gasteiger partial charge on any atom is -0.511 e. The molecule has 0 heterocycles. The molecule has 0 fully saturated rings. The number of carbonyl (C=O) groups is 4. The Hall–Kier alpha value is -4.84. The number of aliphatic hydroxyl groups is 3. The van der Waals surface area contributed by atoms with Crippen molar-refractivity contribution in [1.29, 1.82) is 0 Å². The fraction of sp³-hybridized carbons (Fsp3) is 0.259. The van der Waals surface area contributed by atoms with Gasteiger partial charge in [0.15, 0.2) is 11.4 Å². The predicted molar refractivity (Wildman–Crippen MR) is 133 cm³/mol. The van der Waals surface area contributed by atoms with Crippen LogP contribution in [0.5, 0.6) is 17.2 Å². The van der Waals surface area contributed by atoms with Crippen LogP contribution in [-0.4, -0.2) is 56.7 Å². The zero-order valence-corrected chi connectivity index (χ0v) is 20.6. The molecule has 2 aromatic carbocycles. The molecule has 2 aromatic rings. The number of aliphatic hydroxyl groups excluding tert-OH is 2. The monoisotopic (exact) mass is 536 g/mol. The molecule has 0 saturated heterocycles. The van der Waals surface area contributed by atoms with Crippen LogP contribution in [0.1, 0.15) is 28.8 Å². The van der Waals surface area contributed by atoms with Gasteiger partial charge in [0, 0.05) is 23.6 Å². The molecule has 0 unspecified atom stereocenters. The molecule has 2 amide bonds. The minimum absolute atomic E-state index is 0.0287. The number of fused-ring (bicyclic) bond motifs is 3. The lowest BCUT2D eigenvalue weighted by Gasteiger charge is -2.45. The van der Waals surface area contributed by atoms with Gasteiger partial charge in [0.1, 0.15) is 34.3 Å². The van der Waals surface area contributed by atoms with E-state index in [1.807, 2.05) is 0 Å². The van der Waals surface area contributed by atoms with E-state index < -0.39 is 63.8 Å². The Balaban J connectivity index is 1.50. The molecule has 202 valence electrons. The number of benzene rings is 2. The van der Waals surface area contributed by atoms with E-state index in [1.54, 1.807) is 12.1 Å². The lowest BCUT2D eigenvalue weighted by atomic mass is 9.60. The van der Waals surface area contributed by atoms with E-state index >= 15 is 0 Å². The number of hydrogen-bond acceptors (Lipinski definition) is 10. The number of allylic oxidation sites excluding steroid dienone is 2. The summed E-state index contributed by atoms with van der Waals surface area (Å²) in [5, 5.41) is 45.7. The molecule has 12 nitrogen and oxygen atoms in total. The van der Waals surface area contributed by atoms with Crippen LogP contribution < -0.4 is 20.5 Å². The normalized spacial score (nSPS) is 23.9. The largest absolute Gasteiger partial charge is 0.511 e. The minimum atomic E-state index is -2.65. The van der Waals surface area contributed by atoms with Gasteiger partial charge in [-0.15, -0.1) is 0 Å². The number of amides is 2. The van der Waals surface area contributed by atoms with Crippen LogP contribution in [0.3, 0.4) is 0 Å². The fourth-order valence-corrected chi connectivity index (χ4v) is 5.62. The molecule has 0 bridgehead atoms. The fourth-order valence-electron chi connectivity index (χ4n) is 5.62. The van der Waals surface area contributed by atoms with Crippen LogP contribution in [0.25, 0.3) is 0 Å². The van der Waals surface area contributed by atoms with Crippen LogP contribution in [0.4, 0.5) is 10.5 Å².